The smallest absolute Gasteiger partial charge is 0.247 e. The second-order valence-electron chi connectivity index (χ2n) is 7.06. The van der Waals surface area contributed by atoms with Crippen molar-refractivity contribution >= 4 is 28.5 Å². The lowest BCUT2D eigenvalue weighted by Gasteiger charge is -2.20. The molecule has 146 valence electrons. The van der Waals surface area contributed by atoms with Gasteiger partial charge in [-0.05, 0) is 49.2 Å². The van der Waals surface area contributed by atoms with E-state index in [1.54, 1.807) is 17.0 Å². The first kappa shape index (κ1) is 17.9. The molecule has 5 rings (SSSR count). The van der Waals surface area contributed by atoms with Gasteiger partial charge in [0.25, 0.3) is 0 Å². The molecule has 2 aromatic heterocycles. The molecule has 7 nitrogen and oxygen atoms in total. The average molecular weight is 409 g/mol. The summed E-state index contributed by atoms with van der Waals surface area (Å²) in [6.07, 6.45) is 2.12. The van der Waals surface area contributed by atoms with Gasteiger partial charge in [0, 0.05) is 22.0 Å². The van der Waals surface area contributed by atoms with Crippen LogP contribution in [0.1, 0.15) is 24.4 Å². The fraction of sp³-hybridized carbons (Fsp3) is 0.238. The number of para-hydroxylation sites is 1. The Kier molecular flexibility index (Phi) is 4.52. The summed E-state index contributed by atoms with van der Waals surface area (Å²) in [6, 6.07) is 14.9. The lowest BCUT2D eigenvalue weighted by molar-refractivity contribution is -0.132. The van der Waals surface area contributed by atoms with Crippen LogP contribution in [0.4, 0.5) is 0 Å². The normalized spacial score (nSPS) is 13.7. The van der Waals surface area contributed by atoms with Crippen LogP contribution < -0.4 is 0 Å². The molecule has 2 aromatic carbocycles. The molecule has 0 unspecified atom stereocenters. The van der Waals surface area contributed by atoms with Crippen molar-refractivity contribution in [3.05, 3.63) is 65.1 Å². The second kappa shape index (κ2) is 7.33. The van der Waals surface area contributed by atoms with Gasteiger partial charge in [0.2, 0.25) is 17.7 Å². The Morgan fingerprint density at radius 2 is 1.90 bits per heavy atom. The first-order valence-corrected chi connectivity index (χ1v) is 9.76. The predicted octanol–water partition coefficient (Wildman–Crippen LogP) is 4.26. The summed E-state index contributed by atoms with van der Waals surface area (Å²) in [5.41, 5.74) is 2.10. The number of halogens is 1. The molecule has 1 amide bonds. The highest BCUT2D eigenvalue weighted by molar-refractivity contribution is 6.30. The van der Waals surface area contributed by atoms with Gasteiger partial charge in [-0.1, -0.05) is 28.9 Å². The Hall–Kier alpha value is -3.19. The number of hydrogen-bond donors (Lipinski definition) is 0. The maximum absolute atomic E-state index is 13.0. The average Bonchev–Trinajstić information content (AvgIpc) is 3.33. The van der Waals surface area contributed by atoms with E-state index in [-0.39, 0.29) is 24.9 Å². The third-order valence-corrected chi connectivity index (χ3v) is 5.19. The van der Waals surface area contributed by atoms with Crippen LogP contribution in [0.25, 0.3) is 22.4 Å². The van der Waals surface area contributed by atoms with E-state index in [0.29, 0.717) is 28.1 Å². The number of amides is 1. The SMILES string of the molecule is O=C(Cc1noc2ccccc12)N(Cc1nnc(-c2ccc(Cl)cc2)o1)C1CC1. The van der Waals surface area contributed by atoms with Crippen molar-refractivity contribution in [1.29, 1.82) is 0 Å². The van der Waals surface area contributed by atoms with Crippen molar-refractivity contribution in [2.24, 2.45) is 0 Å². The van der Waals surface area contributed by atoms with Crippen LogP contribution in [0.3, 0.4) is 0 Å². The van der Waals surface area contributed by atoms with Gasteiger partial charge in [-0.3, -0.25) is 4.79 Å². The van der Waals surface area contributed by atoms with Crippen LogP contribution in [0.5, 0.6) is 0 Å². The minimum atomic E-state index is -0.0298. The number of carbonyl (C=O) groups is 1. The van der Waals surface area contributed by atoms with E-state index in [1.165, 1.54) is 0 Å². The van der Waals surface area contributed by atoms with Gasteiger partial charge >= 0.3 is 0 Å². The summed E-state index contributed by atoms with van der Waals surface area (Å²) in [4.78, 5) is 14.8. The molecule has 0 spiro atoms. The lowest BCUT2D eigenvalue weighted by Crippen LogP contribution is -2.34. The molecule has 4 aromatic rings. The van der Waals surface area contributed by atoms with Crippen molar-refractivity contribution in [3.8, 4) is 11.5 Å². The zero-order valence-corrected chi connectivity index (χ0v) is 16.2. The van der Waals surface area contributed by atoms with E-state index in [0.717, 1.165) is 23.8 Å². The van der Waals surface area contributed by atoms with E-state index in [1.807, 2.05) is 36.4 Å². The van der Waals surface area contributed by atoms with E-state index in [9.17, 15) is 4.79 Å². The second-order valence-corrected chi connectivity index (χ2v) is 7.50. The van der Waals surface area contributed by atoms with Crippen molar-refractivity contribution < 1.29 is 13.7 Å². The van der Waals surface area contributed by atoms with Crippen molar-refractivity contribution in [3.63, 3.8) is 0 Å². The highest BCUT2D eigenvalue weighted by Gasteiger charge is 2.34. The molecule has 1 saturated carbocycles. The van der Waals surface area contributed by atoms with Gasteiger partial charge in [-0.15, -0.1) is 10.2 Å². The standard InChI is InChI=1S/C21H17ClN4O3/c22-14-7-5-13(6-8-14)21-24-23-19(28-21)12-26(15-9-10-15)20(27)11-17-16-3-1-2-4-18(16)29-25-17/h1-8,15H,9-12H2. The number of nitrogens with zero attached hydrogens (tertiary/aromatic N) is 4. The Bertz CT molecular complexity index is 1160. The van der Waals surface area contributed by atoms with Crippen molar-refractivity contribution in [1.82, 2.24) is 20.3 Å². The number of rotatable bonds is 6. The quantitative estimate of drug-likeness (QED) is 0.473. The molecular formula is C21H17ClN4O3. The molecule has 0 bridgehead atoms. The first-order valence-electron chi connectivity index (χ1n) is 9.38. The molecule has 0 N–H and O–H groups in total. The van der Waals surface area contributed by atoms with Crippen molar-refractivity contribution in [2.75, 3.05) is 0 Å². The minimum absolute atomic E-state index is 0.0298. The Balaban J connectivity index is 1.33. The summed E-state index contributed by atoms with van der Waals surface area (Å²) in [5, 5.41) is 13.8. The van der Waals surface area contributed by atoms with E-state index in [4.69, 9.17) is 20.5 Å². The third kappa shape index (κ3) is 3.73. The fourth-order valence-corrected chi connectivity index (χ4v) is 3.42. The predicted molar refractivity (Wildman–Crippen MR) is 106 cm³/mol. The van der Waals surface area contributed by atoms with Gasteiger partial charge in [0.1, 0.15) is 5.69 Å². The van der Waals surface area contributed by atoms with Gasteiger partial charge in [-0.2, -0.15) is 0 Å². The van der Waals surface area contributed by atoms with Crippen LogP contribution in [0, 0.1) is 0 Å². The molecule has 0 aliphatic heterocycles. The Morgan fingerprint density at radius 1 is 1.10 bits per heavy atom. The Morgan fingerprint density at radius 3 is 2.69 bits per heavy atom. The van der Waals surface area contributed by atoms with Crippen LogP contribution in [-0.2, 0) is 17.8 Å². The monoisotopic (exact) mass is 408 g/mol. The number of aromatic nitrogens is 3. The Labute approximate surface area is 171 Å². The number of fused-ring (bicyclic) bond motifs is 1. The summed E-state index contributed by atoms with van der Waals surface area (Å²) in [7, 11) is 0. The highest BCUT2D eigenvalue weighted by Crippen LogP contribution is 2.30. The van der Waals surface area contributed by atoms with Gasteiger partial charge in [-0.25, -0.2) is 0 Å². The molecule has 1 aliphatic rings. The van der Waals surface area contributed by atoms with Crippen LogP contribution >= 0.6 is 11.6 Å². The largest absolute Gasteiger partial charge is 0.419 e. The zero-order valence-electron chi connectivity index (χ0n) is 15.4. The summed E-state index contributed by atoms with van der Waals surface area (Å²) in [5.74, 6) is 0.778. The van der Waals surface area contributed by atoms with Gasteiger partial charge in [0.15, 0.2) is 5.58 Å². The highest BCUT2D eigenvalue weighted by atomic mass is 35.5. The maximum Gasteiger partial charge on any atom is 0.247 e. The topological polar surface area (TPSA) is 85.3 Å². The van der Waals surface area contributed by atoms with Gasteiger partial charge in [0.05, 0.1) is 13.0 Å². The van der Waals surface area contributed by atoms with Crippen LogP contribution in [0.15, 0.2) is 57.5 Å². The summed E-state index contributed by atoms with van der Waals surface area (Å²) >= 11 is 5.92. The summed E-state index contributed by atoms with van der Waals surface area (Å²) in [6.45, 7) is 0.278. The molecular weight excluding hydrogens is 392 g/mol. The fourth-order valence-electron chi connectivity index (χ4n) is 3.29. The number of hydrogen-bond acceptors (Lipinski definition) is 6. The molecule has 29 heavy (non-hydrogen) atoms. The van der Waals surface area contributed by atoms with Crippen LogP contribution in [0.2, 0.25) is 5.02 Å². The molecule has 1 fully saturated rings. The zero-order chi connectivity index (χ0) is 19.8. The van der Waals surface area contributed by atoms with Gasteiger partial charge < -0.3 is 13.8 Å². The number of benzene rings is 2. The third-order valence-electron chi connectivity index (χ3n) is 4.94. The number of carbonyl (C=O) groups excluding carboxylic acids is 1. The summed E-state index contributed by atoms with van der Waals surface area (Å²) < 4.78 is 11.1. The molecule has 8 heteroatoms. The first-order chi connectivity index (χ1) is 14.2. The molecule has 0 radical (unpaired) electrons. The van der Waals surface area contributed by atoms with Crippen molar-refractivity contribution in [2.45, 2.75) is 31.8 Å². The van der Waals surface area contributed by atoms with E-state index in [2.05, 4.69) is 15.4 Å². The van der Waals surface area contributed by atoms with Crippen LogP contribution in [-0.4, -0.2) is 32.2 Å². The molecule has 0 atom stereocenters. The maximum atomic E-state index is 13.0. The molecule has 0 saturated heterocycles. The lowest BCUT2D eigenvalue weighted by atomic mass is 10.1. The van der Waals surface area contributed by atoms with E-state index < -0.39 is 0 Å². The van der Waals surface area contributed by atoms with E-state index >= 15 is 0 Å². The minimum Gasteiger partial charge on any atom is -0.419 e. The molecule has 1 aliphatic carbocycles. The molecule has 2 heterocycles.